The maximum atomic E-state index is 11.4. The molecule has 1 aliphatic heterocycles. The van der Waals surface area contributed by atoms with Crippen LogP contribution in [0.15, 0.2) is 5.10 Å². The standard InChI is InChI=1S/C10H18N2O/c1-5-6-12-9(13)7-8(11-12)10(2,3)4/h5-7H2,1-4H3. The molecule has 0 aliphatic carbocycles. The van der Waals surface area contributed by atoms with Gasteiger partial charge in [-0.3, -0.25) is 4.79 Å². The lowest BCUT2D eigenvalue weighted by molar-refractivity contribution is -0.128. The Bertz CT molecular complexity index is 238. The molecule has 1 heterocycles. The van der Waals surface area contributed by atoms with Crippen LogP contribution in [0.1, 0.15) is 40.5 Å². The fraction of sp³-hybridized carbons (Fsp3) is 0.800. The van der Waals surface area contributed by atoms with E-state index in [1.54, 1.807) is 5.01 Å². The molecule has 0 aromatic heterocycles. The van der Waals surface area contributed by atoms with Gasteiger partial charge in [-0.25, -0.2) is 5.01 Å². The van der Waals surface area contributed by atoms with Gasteiger partial charge in [0.2, 0.25) is 5.91 Å². The molecule has 0 spiro atoms. The maximum absolute atomic E-state index is 11.4. The number of hydrazone groups is 1. The van der Waals surface area contributed by atoms with Crippen LogP contribution in [0.3, 0.4) is 0 Å². The molecule has 0 saturated carbocycles. The van der Waals surface area contributed by atoms with Crippen molar-refractivity contribution in [3.63, 3.8) is 0 Å². The molecular formula is C10H18N2O. The lowest BCUT2D eigenvalue weighted by atomic mass is 9.88. The fourth-order valence-corrected chi connectivity index (χ4v) is 1.27. The first-order valence-corrected chi connectivity index (χ1v) is 4.83. The molecular weight excluding hydrogens is 164 g/mol. The SMILES string of the molecule is CCCN1N=C(C(C)(C)C)CC1=O. The normalized spacial score (nSPS) is 18.0. The van der Waals surface area contributed by atoms with Gasteiger partial charge in [0.25, 0.3) is 0 Å². The van der Waals surface area contributed by atoms with Gasteiger partial charge in [0.1, 0.15) is 0 Å². The molecule has 0 unspecified atom stereocenters. The molecule has 13 heavy (non-hydrogen) atoms. The topological polar surface area (TPSA) is 32.7 Å². The maximum Gasteiger partial charge on any atom is 0.248 e. The predicted octanol–water partition coefficient (Wildman–Crippen LogP) is 2.03. The number of hydrogen-bond acceptors (Lipinski definition) is 2. The Balaban J connectivity index is 2.72. The molecule has 0 fully saturated rings. The number of nitrogens with zero attached hydrogens (tertiary/aromatic N) is 2. The van der Waals surface area contributed by atoms with Crippen LogP contribution < -0.4 is 0 Å². The molecule has 0 bridgehead atoms. The Hall–Kier alpha value is -0.860. The fourth-order valence-electron chi connectivity index (χ4n) is 1.27. The van der Waals surface area contributed by atoms with E-state index in [2.05, 4.69) is 32.8 Å². The molecule has 0 atom stereocenters. The summed E-state index contributed by atoms with van der Waals surface area (Å²) in [7, 11) is 0. The summed E-state index contributed by atoms with van der Waals surface area (Å²) >= 11 is 0. The third-order valence-electron chi connectivity index (χ3n) is 2.15. The Morgan fingerprint density at radius 1 is 1.46 bits per heavy atom. The van der Waals surface area contributed by atoms with Crippen LogP contribution in [0.4, 0.5) is 0 Å². The van der Waals surface area contributed by atoms with E-state index < -0.39 is 0 Å². The van der Waals surface area contributed by atoms with Crippen molar-refractivity contribution in [1.29, 1.82) is 0 Å². The van der Waals surface area contributed by atoms with Crippen molar-refractivity contribution in [2.24, 2.45) is 10.5 Å². The Kier molecular flexibility index (Phi) is 2.74. The molecule has 0 N–H and O–H groups in total. The van der Waals surface area contributed by atoms with E-state index in [-0.39, 0.29) is 11.3 Å². The van der Waals surface area contributed by atoms with Crippen molar-refractivity contribution in [3.05, 3.63) is 0 Å². The summed E-state index contributed by atoms with van der Waals surface area (Å²) in [4.78, 5) is 11.4. The van der Waals surface area contributed by atoms with E-state index in [1.165, 1.54) is 0 Å². The number of hydrogen-bond donors (Lipinski definition) is 0. The highest BCUT2D eigenvalue weighted by Crippen LogP contribution is 2.24. The van der Waals surface area contributed by atoms with E-state index in [0.29, 0.717) is 6.42 Å². The third-order valence-corrected chi connectivity index (χ3v) is 2.15. The highest BCUT2D eigenvalue weighted by atomic mass is 16.2. The van der Waals surface area contributed by atoms with Crippen molar-refractivity contribution in [2.45, 2.75) is 40.5 Å². The van der Waals surface area contributed by atoms with Crippen LogP contribution in [0.5, 0.6) is 0 Å². The average Bonchev–Trinajstić information content (AvgIpc) is 2.32. The largest absolute Gasteiger partial charge is 0.273 e. The lowest BCUT2D eigenvalue weighted by Gasteiger charge is -2.16. The first-order valence-electron chi connectivity index (χ1n) is 4.83. The Morgan fingerprint density at radius 3 is 2.46 bits per heavy atom. The highest BCUT2D eigenvalue weighted by molar-refractivity contribution is 6.07. The van der Waals surface area contributed by atoms with Crippen molar-refractivity contribution in [3.8, 4) is 0 Å². The summed E-state index contributed by atoms with van der Waals surface area (Å²) in [6.45, 7) is 9.08. The van der Waals surface area contributed by atoms with Crippen LogP contribution >= 0.6 is 0 Å². The first kappa shape index (κ1) is 10.2. The van der Waals surface area contributed by atoms with E-state index in [0.717, 1.165) is 18.7 Å². The third kappa shape index (κ3) is 2.29. The van der Waals surface area contributed by atoms with Crippen molar-refractivity contribution >= 4 is 11.6 Å². The van der Waals surface area contributed by atoms with E-state index >= 15 is 0 Å². The van der Waals surface area contributed by atoms with Crippen LogP contribution in [0.25, 0.3) is 0 Å². The van der Waals surface area contributed by atoms with Crippen LogP contribution in [0, 0.1) is 5.41 Å². The predicted molar refractivity (Wildman–Crippen MR) is 53.5 cm³/mol. The van der Waals surface area contributed by atoms with Gasteiger partial charge in [0, 0.05) is 12.0 Å². The zero-order valence-electron chi connectivity index (χ0n) is 8.92. The van der Waals surface area contributed by atoms with Gasteiger partial charge in [0.05, 0.1) is 12.1 Å². The van der Waals surface area contributed by atoms with Gasteiger partial charge < -0.3 is 0 Å². The molecule has 1 rings (SSSR count). The van der Waals surface area contributed by atoms with Gasteiger partial charge in [0.15, 0.2) is 0 Å². The zero-order valence-corrected chi connectivity index (χ0v) is 8.92. The number of amides is 1. The molecule has 0 radical (unpaired) electrons. The number of carbonyl (C=O) groups excluding carboxylic acids is 1. The molecule has 74 valence electrons. The molecule has 0 saturated heterocycles. The second-order valence-corrected chi connectivity index (χ2v) is 4.49. The van der Waals surface area contributed by atoms with Crippen molar-refractivity contribution in [1.82, 2.24) is 5.01 Å². The van der Waals surface area contributed by atoms with Gasteiger partial charge in [-0.2, -0.15) is 5.10 Å². The Morgan fingerprint density at radius 2 is 2.08 bits per heavy atom. The molecule has 0 aromatic carbocycles. The second-order valence-electron chi connectivity index (χ2n) is 4.49. The van der Waals surface area contributed by atoms with Gasteiger partial charge >= 0.3 is 0 Å². The number of carbonyl (C=O) groups is 1. The molecule has 0 aromatic rings. The average molecular weight is 182 g/mol. The molecule has 1 amide bonds. The van der Waals surface area contributed by atoms with Crippen LogP contribution in [0.2, 0.25) is 0 Å². The quantitative estimate of drug-likeness (QED) is 0.643. The molecule has 3 heteroatoms. The van der Waals surface area contributed by atoms with E-state index in [1.807, 2.05) is 0 Å². The minimum absolute atomic E-state index is 0.0259. The highest BCUT2D eigenvalue weighted by Gasteiger charge is 2.30. The minimum Gasteiger partial charge on any atom is -0.273 e. The minimum atomic E-state index is 0.0259. The summed E-state index contributed by atoms with van der Waals surface area (Å²) in [6.07, 6.45) is 1.47. The lowest BCUT2D eigenvalue weighted by Crippen LogP contribution is -2.21. The summed E-state index contributed by atoms with van der Waals surface area (Å²) in [5.41, 5.74) is 1.03. The van der Waals surface area contributed by atoms with E-state index in [9.17, 15) is 4.79 Å². The second kappa shape index (κ2) is 3.48. The summed E-state index contributed by atoms with van der Waals surface area (Å²) < 4.78 is 0. The smallest absolute Gasteiger partial charge is 0.248 e. The Labute approximate surface area is 79.8 Å². The monoisotopic (exact) mass is 182 g/mol. The molecule has 3 nitrogen and oxygen atoms in total. The summed E-state index contributed by atoms with van der Waals surface area (Å²) in [5.74, 6) is 0.145. The van der Waals surface area contributed by atoms with Crippen molar-refractivity contribution in [2.75, 3.05) is 6.54 Å². The first-order chi connectivity index (χ1) is 5.95. The molecule has 1 aliphatic rings. The number of rotatable bonds is 2. The van der Waals surface area contributed by atoms with Crippen molar-refractivity contribution < 1.29 is 4.79 Å². The van der Waals surface area contributed by atoms with Gasteiger partial charge in [-0.15, -0.1) is 0 Å². The van der Waals surface area contributed by atoms with E-state index in [4.69, 9.17) is 0 Å². The summed E-state index contributed by atoms with van der Waals surface area (Å²) in [5, 5.41) is 5.93. The van der Waals surface area contributed by atoms with Crippen LogP contribution in [-0.2, 0) is 4.79 Å². The zero-order chi connectivity index (χ0) is 10.1. The summed E-state index contributed by atoms with van der Waals surface area (Å²) in [6, 6.07) is 0. The van der Waals surface area contributed by atoms with Crippen LogP contribution in [-0.4, -0.2) is 23.2 Å². The van der Waals surface area contributed by atoms with Gasteiger partial charge in [-0.1, -0.05) is 27.7 Å². The van der Waals surface area contributed by atoms with Gasteiger partial charge in [-0.05, 0) is 6.42 Å².